The maximum absolute atomic E-state index is 10.9. The molecule has 23 heavy (non-hydrogen) atoms. The molecule has 0 heterocycles. The predicted octanol–water partition coefficient (Wildman–Crippen LogP) is 2.31. The Kier molecular flexibility index (Phi) is 7.67. The van der Waals surface area contributed by atoms with Gasteiger partial charge in [-0.25, -0.2) is 0 Å². The summed E-state index contributed by atoms with van der Waals surface area (Å²) < 4.78 is 0.126. The minimum Gasteiger partial charge on any atom is -0.378 e. The number of anilines is 1. The predicted molar refractivity (Wildman–Crippen MR) is 98.5 cm³/mol. The third-order valence-electron chi connectivity index (χ3n) is 3.29. The molecule has 0 aromatic heterocycles. The highest BCUT2D eigenvalue weighted by Gasteiger charge is 2.16. The Bertz CT molecular complexity index is 548. The monoisotopic (exact) mass is 339 g/mol. The number of hydrogen-bond acceptors (Lipinski definition) is 5. The summed E-state index contributed by atoms with van der Waals surface area (Å²) in [6, 6.07) is 6.61. The molecule has 0 unspecified atom stereocenters. The fourth-order valence-corrected chi connectivity index (χ4v) is 1.97. The third-order valence-corrected chi connectivity index (χ3v) is 4.54. The largest absolute Gasteiger partial charge is 0.378 e. The van der Waals surface area contributed by atoms with Gasteiger partial charge in [-0.3, -0.25) is 15.1 Å². The van der Waals surface area contributed by atoms with E-state index in [9.17, 15) is 10.1 Å². The molecule has 128 valence electrons. The van der Waals surface area contributed by atoms with Gasteiger partial charge >= 0.3 is 0 Å². The van der Waals surface area contributed by atoms with E-state index in [4.69, 9.17) is 0 Å². The molecule has 1 aromatic carbocycles. The van der Waals surface area contributed by atoms with Crippen LogP contribution < -0.4 is 16.0 Å². The number of benzene rings is 1. The van der Waals surface area contributed by atoms with Crippen molar-refractivity contribution in [3.05, 3.63) is 34.4 Å². The molecule has 1 rings (SSSR count). The van der Waals surface area contributed by atoms with E-state index in [0.717, 1.165) is 12.5 Å². The summed E-state index contributed by atoms with van der Waals surface area (Å²) in [6.45, 7) is 6.27. The average Bonchev–Trinajstić information content (AvgIpc) is 2.54. The van der Waals surface area contributed by atoms with Gasteiger partial charge in [-0.2, -0.15) is 11.8 Å². The van der Waals surface area contributed by atoms with Crippen LogP contribution in [0, 0.1) is 10.1 Å². The number of hydrogen-bond donors (Lipinski definition) is 3. The van der Waals surface area contributed by atoms with Gasteiger partial charge in [0.1, 0.15) is 5.69 Å². The zero-order valence-electron chi connectivity index (χ0n) is 14.0. The molecule has 0 amide bonds. The maximum atomic E-state index is 10.9. The van der Waals surface area contributed by atoms with Crippen molar-refractivity contribution in [1.29, 1.82) is 0 Å². The molecule has 0 saturated carbocycles. The zero-order valence-corrected chi connectivity index (χ0v) is 14.9. The Labute approximate surface area is 141 Å². The molecule has 3 N–H and O–H groups in total. The SMILES string of the molecule is CN=C(NCCNc1ccccc1[N+](=O)[O-])NCC(C)(C)SC. The molecule has 1 aromatic rings. The van der Waals surface area contributed by atoms with E-state index in [1.807, 2.05) is 0 Å². The fraction of sp³-hybridized carbons (Fsp3) is 0.533. The van der Waals surface area contributed by atoms with Gasteiger partial charge in [0.25, 0.3) is 5.69 Å². The minimum atomic E-state index is -0.388. The smallest absolute Gasteiger partial charge is 0.292 e. The van der Waals surface area contributed by atoms with Crippen molar-refractivity contribution in [2.45, 2.75) is 18.6 Å². The standard InChI is InChI=1S/C15H25N5O2S/c1-15(2,23-4)11-19-14(16-3)18-10-9-17-12-7-5-6-8-13(12)20(21)22/h5-8,17H,9-11H2,1-4H3,(H2,16,18,19). The van der Waals surface area contributed by atoms with Crippen LogP contribution in [0.4, 0.5) is 11.4 Å². The van der Waals surface area contributed by atoms with Crippen LogP contribution in [-0.4, -0.2) is 48.6 Å². The van der Waals surface area contributed by atoms with Crippen LogP contribution in [0.3, 0.4) is 0 Å². The van der Waals surface area contributed by atoms with Gasteiger partial charge in [0, 0.05) is 37.5 Å². The summed E-state index contributed by atoms with van der Waals surface area (Å²) in [7, 11) is 1.72. The van der Waals surface area contributed by atoms with Crippen LogP contribution in [0.2, 0.25) is 0 Å². The van der Waals surface area contributed by atoms with Gasteiger partial charge in [-0.05, 0) is 26.2 Å². The molecule has 0 aliphatic heterocycles. The lowest BCUT2D eigenvalue weighted by molar-refractivity contribution is -0.384. The van der Waals surface area contributed by atoms with Crippen LogP contribution in [0.25, 0.3) is 0 Å². The Hall–Kier alpha value is -1.96. The Morgan fingerprint density at radius 1 is 1.30 bits per heavy atom. The highest BCUT2D eigenvalue weighted by molar-refractivity contribution is 7.99. The summed E-state index contributed by atoms with van der Waals surface area (Å²) in [6.07, 6.45) is 2.08. The second kappa shape index (κ2) is 9.24. The van der Waals surface area contributed by atoms with Crippen molar-refractivity contribution in [1.82, 2.24) is 10.6 Å². The van der Waals surface area contributed by atoms with E-state index in [0.29, 0.717) is 18.8 Å². The molecular weight excluding hydrogens is 314 g/mol. The zero-order chi connectivity index (χ0) is 17.3. The van der Waals surface area contributed by atoms with Gasteiger partial charge in [0.2, 0.25) is 0 Å². The second-order valence-electron chi connectivity index (χ2n) is 5.52. The first-order valence-corrected chi connectivity index (χ1v) is 8.59. The van der Waals surface area contributed by atoms with Crippen molar-refractivity contribution in [2.75, 3.05) is 38.3 Å². The number of aliphatic imine (C=N–C) groups is 1. The van der Waals surface area contributed by atoms with Crippen molar-refractivity contribution >= 4 is 29.1 Å². The number of nitrogens with one attached hydrogen (secondary N) is 3. The molecule has 0 atom stereocenters. The summed E-state index contributed by atoms with van der Waals surface area (Å²) in [4.78, 5) is 14.7. The first kappa shape index (κ1) is 19.1. The first-order chi connectivity index (χ1) is 10.9. The van der Waals surface area contributed by atoms with E-state index in [2.05, 4.69) is 41.0 Å². The van der Waals surface area contributed by atoms with Gasteiger partial charge in [-0.1, -0.05) is 12.1 Å². The molecule has 0 aliphatic carbocycles. The normalized spacial score (nSPS) is 11.9. The minimum absolute atomic E-state index is 0.0803. The van der Waals surface area contributed by atoms with Crippen molar-refractivity contribution in [2.24, 2.45) is 4.99 Å². The molecule has 0 fully saturated rings. The van der Waals surface area contributed by atoms with Gasteiger partial charge in [-0.15, -0.1) is 0 Å². The van der Waals surface area contributed by atoms with Crippen molar-refractivity contribution < 1.29 is 4.92 Å². The molecule has 7 nitrogen and oxygen atoms in total. The van der Waals surface area contributed by atoms with E-state index in [1.165, 1.54) is 6.07 Å². The van der Waals surface area contributed by atoms with E-state index in [-0.39, 0.29) is 15.4 Å². The summed E-state index contributed by atoms with van der Waals surface area (Å²) in [5.41, 5.74) is 0.600. The quantitative estimate of drug-likeness (QED) is 0.221. The Balaban J connectivity index is 2.40. The number of nitro groups is 1. The molecule has 0 bridgehead atoms. The van der Waals surface area contributed by atoms with Gasteiger partial charge in [0.15, 0.2) is 5.96 Å². The van der Waals surface area contributed by atoms with E-state index >= 15 is 0 Å². The topological polar surface area (TPSA) is 91.6 Å². The number of guanidine groups is 1. The molecule has 0 saturated heterocycles. The lowest BCUT2D eigenvalue weighted by atomic mass is 10.2. The number of para-hydroxylation sites is 2. The molecule has 0 spiro atoms. The lowest BCUT2D eigenvalue weighted by Gasteiger charge is -2.23. The highest BCUT2D eigenvalue weighted by Crippen LogP contribution is 2.22. The van der Waals surface area contributed by atoms with Gasteiger partial charge < -0.3 is 16.0 Å². The Morgan fingerprint density at radius 2 is 2.00 bits per heavy atom. The summed E-state index contributed by atoms with van der Waals surface area (Å²) in [5.74, 6) is 0.719. The van der Waals surface area contributed by atoms with Crippen LogP contribution in [0.5, 0.6) is 0 Å². The molecule has 0 radical (unpaired) electrons. The summed E-state index contributed by atoms with van der Waals surface area (Å²) in [5, 5.41) is 20.5. The van der Waals surface area contributed by atoms with Crippen molar-refractivity contribution in [3.8, 4) is 0 Å². The maximum Gasteiger partial charge on any atom is 0.292 e. The van der Waals surface area contributed by atoms with E-state index in [1.54, 1.807) is 37.0 Å². The Morgan fingerprint density at radius 3 is 2.61 bits per heavy atom. The fourth-order valence-electron chi connectivity index (χ4n) is 1.75. The van der Waals surface area contributed by atoms with Crippen LogP contribution in [0.1, 0.15) is 13.8 Å². The number of nitrogens with zero attached hydrogens (tertiary/aromatic N) is 2. The molecule has 0 aliphatic rings. The molecular formula is C15H25N5O2S. The van der Waals surface area contributed by atoms with Crippen LogP contribution >= 0.6 is 11.8 Å². The first-order valence-electron chi connectivity index (χ1n) is 7.36. The number of rotatable bonds is 8. The average molecular weight is 339 g/mol. The lowest BCUT2D eigenvalue weighted by Crippen LogP contribution is -2.44. The van der Waals surface area contributed by atoms with E-state index < -0.39 is 0 Å². The number of nitro benzene ring substituents is 1. The van der Waals surface area contributed by atoms with Crippen LogP contribution in [0.15, 0.2) is 29.3 Å². The van der Waals surface area contributed by atoms with Gasteiger partial charge in [0.05, 0.1) is 4.92 Å². The molecule has 8 heteroatoms. The highest BCUT2D eigenvalue weighted by atomic mass is 32.2. The van der Waals surface area contributed by atoms with Crippen LogP contribution in [-0.2, 0) is 0 Å². The summed E-state index contributed by atoms with van der Waals surface area (Å²) >= 11 is 1.79. The third kappa shape index (κ3) is 6.77. The second-order valence-corrected chi connectivity index (χ2v) is 7.03. The number of thioether (sulfide) groups is 1. The van der Waals surface area contributed by atoms with Crippen molar-refractivity contribution in [3.63, 3.8) is 0 Å².